The predicted molar refractivity (Wildman–Crippen MR) is 541 cm³/mol. The van der Waals surface area contributed by atoms with Crippen LogP contribution in [0, 0.1) is 6.57 Å². The Kier molecular flexibility index (Phi) is 20.5. The van der Waals surface area contributed by atoms with Crippen LogP contribution in [0.5, 0.6) is 0 Å². The zero-order valence-corrected chi connectivity index (χ0v) is 72.6. The van der Waals surface area contributed by atoms with E-state index in [0.717, 1.165) is 155 Å². The number of nitrogens with zero attached hydrogens (tertiary/aromatic N) is 18. The summed E-state index contributed by atoms with van der Waals surface area (Å²) < 4.78 is 4.72. The van der Waals surface area contributed by atoms with Gasteiger partial charge in [0.15, 0.2) is 93.1 Å². The summed E-state index contributed by atoms with van der Waals surface area (Å²) >= 11 is 0. The van der Waals surface area contributed by atoms with Crippen LogP contribution in [0.3, 0.4) is 0 Å². The molecule has 18 heteroatoms. The maximum absolute atomic E-state index is 8.45. The smallest absolute Gasteiger partial charge is 0.187 e. The van der Waals surface area contributed by atoms with E-state index in [1.165, 1.54) is 0 Å². The number of hydrogen-bond acceptors (Lipinski definition) is 15. The van der Waals surface area contributed by atoms with E-state index in [9.17, 15) is 0 Å². The molecular formula is C118H72N18. The first-order valence-electron chi connectivity index (χ1n) is 44.6. The molecule has 17 aromatic carbocycles. The lowest BCUT2D eigenvalue weighted by atomic mass is 9.94. The predicted octanol–water partition coefficient (Wildman–Crippen LogP) is 27.7. The van der Waals surface area contributed by atoms with E-state index in [1.54, 1.807) is 0 Å². The molecule has 7 aromatic heterocycles. The van der Waals surface area contributed by atoms with Gasteiger partial charge in [0.05, 0.1) is 40.0 Å². The lowest BCUT2D eigenvalue weighted by Gasteiger charge is -2.21. The second-order valence-corrected chi connectivity index (χ2v) is 32.9. The van der Waals surface area contributed by atoms with Crippen LogP contribution in [-0.4, -0.2) is 83.9 Å². The molecular weight excluding hydrogens is 1670 g/mol. The van der Waals surface area contributed by atoms with Crippen LogP contribution >= 0.6 is 0 Å². The van der Waals surface area contributed by atoms with Gasteiger partial charge in [-0.15, -0.1) is 0 Å². The molecule has 7 heterocycles. The molecule has 136 heavy (non-hydrogen) atoms. The van der Waals surface area contributed by atoms with Crippen LogP contribution in [0.1, 0.15) is 0 Å². The van der Waals surface area contributed by atoms with E-state index in [-0.39, 0.29) is 0 Å². The van der Waals surface area contributed by atoms with Crippen LogP contribution < -0.4 is 0 Å². The van der Waals surface area contributed by atoms with Crippen LogP contribution in [0.4, 0.5) is 5.69 Å². The summed E-state index contributed by atoms with van der Waals surface area (Å²) in [6.45, 7) is 8.45. The second-order valence-electron chi connectivity index (χ2n) is 32.9. The van der Waals surface area contributed by atoms with Crippen molar-refractivity contribution in [2.75, 3.05) is 0 Å². The van der Waals surface area contributed by atoms with Gasteiger partial charge in [-0.2, -0.15) is 0 Å². The Labute approximate surface area is 780 Å². The largest absolute Gasteiger partial charge is 0.309 e. The van der Waals surface area contributed by atoms with Crippen molar-refractivity contribution >= 4 is 49.3 Å². The van der Waals surface area contributed by atoms with E-state index in [1.807, 2.05) is 322 Å². The molecule has 0 atom stereocenters. The molecule has 24 rings (SSSR count). The van der Waals surface area contributed by atoms with Crippen LogP contribution in [0.15, 0.2) is 437 Å². The van der Waals surface area contributed by atoms with Crippen molar-refractivity contribution in [1.29, 1.82) is 0 Å². The van der Waals surface area contributed by atoms with Crippen molar-refractivity contribution in [2.24, 2.45) is 0 Å². The Morgan fingerprint density at radius 1 is 0.147 bits per heavy atom. The highest BCUT2D eigenvalue weighted by molar-refractivity contribution is 6.14. The number of rotatable bonds is 19. The van der Waals surface area contributed by atoms with Gasteiger partial charge in [-0.3, -0.25) is 0 Å². The van der Waals surface area contributed by atoms with Crippen LogP contribution in [0.25, 0.3) is 253 Å². The molecule has 0 bridgehead atoms. The van der Waals surface area contributed by atoms with Crippen molar-refractivity contribution in [2.45, 2.75) is 0 Å². The molecule has 0 saturated carbocycles. The van der Waals surface area contributed by atoms with Crippen molar-refractivity contribution < 1.29 is 0 Å². The first-order chi connectivity index (χ1) is 67.3. The summed E-state index contributed by atoms with van der Waals surface area (Å²) in [6.07, 6.45) is 0. The fraction of sp³-hybridized carbons (Fsp3) is 0. The molecule has 0 unspecified atom stereocenters. The number of hydrogen-bond donors (Lipinski definition) is 0. The summed E-state index contributed by atoms with van der Waals surface area (Å²) in [5.41, 5.74) is 20.8. The first kappa shape index (κ1) is 80.2. The first-order valence-corrected chi connectivity index (χ1v) is 44.6. The van der Waals surface area contributed by atoms with E-state index in [0.29, 0.717) is 98.6 Å². The molecule has 0 radical (unpaired) electrons. The Morgan fingerprint density at radius 2 is 0.316 bits per heavy atom. The van der Waals surface area contributed by atoms with Gasteiger partial charge in [-0.25, -0.2) is 79.6 Å². The van der Waals surface area contributed by atoms with Gasteiger partial charge in [0.1, 0.15) is 0 Å². The third-order valence-electron chi connectivity index (χ3n) is 24.4. The highest BCUT2D eigenvalue weighted by Gasteiger charge is 2.28. The molecule has 634 valence electrons. The standard InChI is InChI=1S/C118H72N18/c1-119-91-54-32-53-84(67-91)85-55-61-98(135-100-63-57-87(115-127-106(76-37-16-4-17-38-76)121-107(128-115)77-39-18-5-19-40-77)70-94(100)95-71-88(58-64-101(95)135)116-129-108(78-41-20-6-21-42-78)122-109(130-116)79-43-22-7-23-44-79)92(68-85)93-69-86(114-125-104(74-33-12-2-13-34-74)120-105(126-114)75-35-14-3-15-36-75)56-62-99(93)136-102-65-59-89(117-131-110(80-45-24-8-25-46-80)123-111(132-117)81-47-26-9-27-48-81)72-96(102)97-73-90(60-66-103(97)136)118-133-112(82-49-28-10-29-50-82)124-113(134-118)83-51-30-11-31-52-83/h2-73H. The molecule has 0 saturated heterocycles. The van der Waals surface area contributed by atoms with Gasteiger partial charge in [-0.05, 0) is 120 Å². The lowest BCUT2D eigenvalue weighted by Crippen LogP contribution is -2.04. The fourth-order valence-corrected chi connectivity index (χ4v) is 17.8. The van der Waals surface area contributed by atoms with Gasteiger partial charge in [0, 0.05) is 116 Å². The summed E-state index contributed by atoms with van der Waals surface area (Å²) in [4.78, 5) is 83.6. The van der Waals surface area contributed by atoms with Crippen molar-refractivity contribution in [1.82, 2.24) is 83.9 Å². The molecule has 18 nitrogen and oxygen atoms in total. The minimum absolute atomic E-state index is 0.439. The zero-order valence-electron chi connectivity index (χ0n) is 72.6. The number of fused-ring (bicyclic) bond motifs is 6. The Hall–Kier alpha value is -19.1. The Bertz CT molecular complexity index is 8100. The molecule has 0 amide bonds. The third kappa shape index (κ3) is 15.4. The summed E-state index contributed by atoms with van der Waals surface area (Å²) in [5.74, 6) is 7.60. The van der Waals surface area contributed by atoms with Gasteiger partial charge in [0.2, 0.25) is 0 Å². The maximum Gasteiger partial charge on any atom is 0.187 e. The minimum Gasteiger partial charge on any atom is -0.309 e. The lowest BCUT2D eigenvalue weighted by molar-refractivity contribution is 1.07. The van der Waals surface area contributed by atoms with E-state index in [2.05, 4.69) is 129 Å². The average Bonchev–Trinajstić information content (AvgIpc) is 1.61. The van der Waals surface area contributed by atoms with Gasteiger partial charge >= 0.3 is 0 Å². The molecule has 0 spiro atoms. The molecule has 24 aromatic rings. The monoisotopic (exact) mass is 1740 g/mol. The highest BCUT2D eigenvalue weighted by Crippen LogP contribution is 2.47. The minimum atomic E-state index is 0.439. The third-order valence-corrected chi connectivity index (χ3v) is 24.4. The zero-order chi connectivity index (χ0) is 90.4. The SMILES string of the molecule is [C-]#[N+]c1cccc(-c2ccc(-n3c4ccc(-c5nc(-c6ccccc6)nc(-c6ccccc6)n5)cc4c4cc(-c5nc(-c6ccccc6)nc(-c6ccccc6)n5)ccc43)c(-c3cc(-c4nc(-c5ccccc5)nc(-c5ccccc5)n4)ccc3-n3c4ccc(-c5nc(-c6ccccc6)nc(-c6ccccc6)n5)cc4c4cc(-c5nc(-c6ccccc6)nc(-c6ccccc6)n5)ccc43)c2)c1. The van der Waals surface area contributed by atoms with Gasteiger partial charge in [-0.1, -0.05) is 328 Å². The Balaban J connectivity index is 0.802. The fourth-order valence-electron chi connectivity index (χ4n) is 17.8. The highest BCUT2D eigenvalue weighted by atomic mass is 15.1. The van der Waals surface area contributed by atoms with Crippen molar-refractivity contribution in [3.63, 3.8) is 0 Å². The summed E-state index contributed by atoms with van der Waals surface area (Å²) in [5, 5.41) is 3.50. The number of benzene rings is 17. The number of aromatic nitrogens is 17. The van der Waals surface area contributed by atoms with Crippen LogP contribution in [-0.2, 0) is 0 Å². The molecule has 0 fully saturated rings. The van der Waals surface area contributed by atoms with Crippen molar-refractivity contribution in [3.05, 3.63) is 448 Å². The van der Waals surface area contributed by atoms with Crippen LogP contribution in [0.2, 0.25) is 0 Å². The van der Waals surface area contributed by atoms with Gasteiger partial charge < -0.3 is 9.13 Å². The normalized spacial score (nSPS) is 11.4. The van der Waals surface area contributed by atoms with E-state index >= 15 is 0 Å². The quantitative estimate of drug-likeness (QED) is 0.0690. The average molecular weight is 1740 g/mol. The summed E-state index contributed by atoms with van der Waals surface area (Å²) in [6, 6.07) is 147. The van der Waals surface area contributed by atoms with E-state index in [4.69, 9.17) is 81.3 Å². The molecule has 0 aliphatic heterocycles. The van der Waals surface area contributed by atoms with Gasteiger partial charge in [0.25, 0.3) is 0 Å². The maximum atomic E-state index is 8.45. The molecule has 0 aliphatic rings. The topological polar surface area (TPSA) is 208 Å². The Morgan fingerprint density at radius 3 is 0.529 bits per heavy atom. The molecule has 0 aliphatic carbocycles. The van der Waals surface area contributed by atoms with E-state index < -0.39 is 0 Å². The second kappa shape index (κ2) is 34.7. The van der Waals surface area contributed by atoms with Crippen molar-refractivity contribution in [3.8, 4) is 204 Å². The summed E-state index contributed by atoms with van der Waals surface area (Å²) in [7, 11) is 0. The molecule has 0 N–H and O–H groups in total.